The van der Waals surface area contributed by atoms with Crippen molar-refractivity contribution >= 4 is 5.78 Å². The predicted octanol–water partition coefficient (Wildman–Crippen LogP) is 3.13. The highest BCUT2D eigenvalue weighted by atomic mass is 16.6. The largest absolute Gasteiger partial charge is 0.449 e. The van der Waals surface area contributed by atoms with Crippen LogP contribution in [0.5, 0.6) is 23.0 Å². The van der Waals surface area contributed by atoms with Gasteiger partial charge in [0, 0.05) is 0 Å². The first-order valence-electron chi connectivity index (χ1n) is 5.01. The molecule has 2 aromatic rings. The van der Waals surface area contributed by atoms with Crippen LogP contribution in [0.4, 0.5) is 0 Å². The number of ether oxygens (including phenoxy) is 2. The number of hydrogen-bond acceptors (Lipinski definition) is 3. The van der Waals surface area contributed by atoms with Crippen molar-refractivity contribution in [3.63, 3.8) is 0 Å². The summed E-state index contributed by atoms with van der Waals surface area (Å²) in [6, 6.07) is 10.9. The molecule has 16 heavy (non-hydrogen) atoms. The molecule has 2 aromatic carbocycles. The lowest BCUT2D eigenvalue weighted by Gasteiger charge is -1.95. The number of carbonyl (C=O) groups excluding carboxylic acids is 1. The maximum absolute atomic E-state index is 12.2. The van der Waals surface area contributed by atoms with Gasteiger partial charge < -0.3 is 9.47 Å². The van der Waals surface area contributed by atoms with Gasteiger partial charge >= 0.3 is 0 Å². The van der Waals surface area contributed by atoms with Gasteiger partial charge in [0.1, 0.15) is 0 Å². The Kier molecular flexibility index (Phi) is 1.21. The lowest BCUT2D eigenvalue weighted by atomic mass is 10.0. The van der Waals surface area contributed by atoms with Crippen LogP contribution in [0.15, 0.2) is 36.4 Å². The van der Waals surface area contributed by atoms with Crippen LogP contribution in [0.1, 0.15) is 15.9 Å². The van der Waals surface area contributed by atoms with E-state index in [-0.39, 0.29) is 5.78 Å². The fourth-order valence-electron chi connectivity index (χ4n) is 1.88. The van der Waals surface area contributed by atoms with E-state index >= 15 is 0 Å². The predicted molar refractivity (Wildman–Crippen MR) is 56.5 cm³/mol. The second-order valence-electron chi connectivity index (χ2n) is 3.80. The Morgan fingerprint density at radius 3 is 1.81 bits per heavy atom. The van der Waals surface area contributed by atoms with E-state index in [1.165, 1.54) is 0 Å². The molecule has 76 valence electrons. The van der Waals surface area contributed by atoms with Crippen LogP contribution >= 0.6 is 0 Å². The van der Waals surface area contributed by atoms with Gasteiger partial charge in [-0.05, 0) is 24.3 Å². The molecule has 3 nitrogen and oxygen atoms in total. The van der Waals surface area contributed by atoms with E-state index in [1.54, 1.807) is 12.1 Å². The Hall–Kier alpha value is -2.29. The molecule has 0 radical (unpaired) electrons. The minimum atomic E-state index is -0.0382. The van der Waals surface area contributed by atoms with Crippen LogP contribution in [-0.2, 0) is 0 Å². The van der Waals surface area contributed by atoms with E-state index in [2.05, 4.69) is 0 Å². The van der Waals surface area contributed by atoms with E-state index in [0.717, 1.165) is 11.5 Å². The molecule has 0 saturated heterocycles. The average molecular weight is 210 g/mol. The fraction of sp³-hybridized carbons (Fsp3) is 0. The Morgan fingerprint density at radius 2 is 1.31 bits per heavy atom. The number of para-hydroxylation sites is 2. The summed E-state index contributed by atoms with van der Waals surface area (Å²) < 4.78 is 10.4. The second-order valence-corrected chi connectivity index (χ2v) is 3.80. The molecule has 2 aliphatic rings. The molecule has 0 N–H and O–H groups in total. The zero-order valence-corrected chi connectivity index (χ0v) is 8.19. The van der Waals surface area contributed by atoms with Crippen LogP contribution in [0, 0.1) is 0 Å². The van der Waals surface area contributed by atoms with Gasteiger partial charge in [-0.3, -0.25) is 4.79 Å². The summed E-state index contributed by atoms with van der Waals surface area (Å²) in [5, 5.41) is 0. The Morgan fingerprint density at radius 1 is 0.812 bits per heavy atom. The van der Waals surface area contributed by atoms with E-state index in [4.69, 9.17) is 9.47 Å². The molecule has 2 aliphatic heterocycles. The number of ketones is 1. The zero-order valence-electron chi connectivity index (χ0n) is 8.19. The van der Waals surface area contributed by atoms with Crippen LogP contribution in [0.2, 0.25) is 0 Å². The van der Waals surface area contributed by atoms with Gasteiger partial charge in [-0.25, -0.2) is 0 Å². The molecule has 0 atom stereocenters. The standard InChI is InChI=1S/C13H6O3/c14-11(7-3-1-5-9-12(7)15-9)8-4-2-6-10-13(8)16-10/h1-6H. The van der Waals surface area contributed by atoms with Crippen molar-refractivity contribution in [1.29, 1.82) is 0 Å². The highest BCUT2D eigenvalue weighted by Gasteiger charge is 2.33. The summed E-state index contributed by atoms with van der Waals surface area (Å²) >= 11 is 0. The van der Waals surface area contributed by atoms with E-state index in [9.17, 15) is 4.79 Å². The summed E-state index contributed by atoms with van der Waals surface area (Å²) in [7, 11) is 0. The normalized spacial score (nSPS) is 13.0. The van der Waals surface area contributed by atoms with Crippen LogP contribution in [-0.4, -0.2) is 5.78 Å². The Balaban J connectivity index is 1.84. The lowest BCUT2D eigenvalue weighted by Crippen LogP contribution is -1.98. The van der Waals surface area contributed by atoms with E-state index in [1.807, 2.05) is 24.3 Å². The van der Waals surface area contributed by atoms with Gasteiger partial charge in [0.2, 0.25) is 5.78 Å². The van der Waals surface area contributed by atoms with E-state index in [0.29, 0.717) is 22.6 Å². The van der Waals surface area contributed by atoms with Crippen LogP contribution < -0.4 is 9.47 Å². The van der Waals surface area contributed by atoms with E-state index < -0.39 is 0 Å². The molecule has 0 fully saturated rings. The van der Waals surface area contributed by atoms with Crippen molar-refractivity contribution in [2.75, 3.05) is 0 Å². The first kappa shape index (κ1) is 7.93. The van der Waals surface area contributed by atoms with Crippen LogP contribution in [0.3, 0.4) is 0 Å². The number of carbonyl (C=O) groups is 1. The molecule has 0 bridgehead atoms. The fourth-order valence-corrected chi connectivity index (χ4v) is 1.88. The molecule has 0 spiro atoms. The monoisotopic (exact) mass is 210 g/mol. The highest BCUT2D eigenvalue weighted by Crippen LogP contribution is 2.52. The van der Waals surface area contributed by atoms with Crippen molar-refractivity contribution in [2.24, 2.45) is 0 Å². The van der Waals surface area contributed by atoms with Gasteiger partial charge in [0.25, 0.3) is 0 Å². The molecule has 0 amide bonds. The average Bonchev–Trinajstić information content (AvgIpc) is 3.17. The van der Waals surface area contributed by atoms with Gasteiger partial charge in [0.15, 0.2) is 23.0 Å². The maximum atomic E-state index is 12.2. The lowest BCUT2D eigenvalue weighted by molar-refractivity contribution is 0.103. The quantitative estimate of drug-likeness (QED) is 0.377. The SMILES string of the molecule is O=C(c1cccc2c1O2)c1cccc2c1O2. The molecule has 0 aliphatic carbocycles. The maximum Gasteiger partial charge on any atom is 0.200 e. The van der Waals surface area contributed by atoms with Gasteiger partial charge in [0.05, 0.1) is 11.1 Å². The molecule has 3 heteroatoms. The summed E-state index contributed by atoms with van der Waals surface area (Å²) in [5.41, 5.74) is 1.22. The number of rotatable bonds is 2. The highest BCUT2D eigenvalue weighted by molar-refractivity contribution is 6.14. The molecule has 0 aromatic heterocycles. The molecular formula is C13H6O3. The van der Waals surface area contributed by atoms with Crippen molar-refractivity contribution in [3.8, 4) is 23.0 Å². The van der Waals surface area contributed by atoms with Crippen molar-refractivity contribution in [1.82, 2.24) is 0 Å². The molecule has 2 heterocycles. The Labute approximate surface area is 91.2 Å². The second kappa shape index (κ2) is 2.44. The molecular weight excluding hydrogens is 204 g/mol. The minimum Gasteiger partial charge on any atom is -0.449 e. The third kappa shape index (κ3) is 0.945. The minimum absolute atomic E-state index is 0.0382. The number of fused-ring (bicyclic) bond motifs is 2. The third-order valence-electron chi connectivity index (χ3n) is 2.79. The summed E-state index contributed by atoms with van der Waals surface area (Å²) in [4.78, 5) is 12.2. The smallest absolute Gasteiger partial charge is 0.200 e. The topological polar surface area (TPSA) is 42.1 Å². The Bertz CT molecular complexity index is 588. The van der Waals surface area contributed by atoms with Crippen molar-refractivity contribution in [2.45, 2.75) is 0 Å². The summed E-state index contributed by atoms with van der Waals surface area (Å²) in [6.07, 6.45) is 0. The summed E-state index contributed by atoms with van der Waals surface area (Å²) in [6.45, 7) is 0. The molecule has 4 rings (SSSR count). The summed E-state index contributed by atoms with van der Waals surface area (Å²) in [5.74, 6) is 2.95. The first-order valence-corrected chi connectivity index (χ1v) is 5.01. The van der Waals surface area contributed by atoms with Gasteiger partial charge in [-0.1, -0.05) is 12.1 Å². The van der Waals surface area contributed by atoms with Gasteiger partial charge in [-0.15, -0.1) is 0 Å². The molecule has 0 saturated carbocycles. The first-order chi connectivity index (χ1) is 7.84. The third-order valence-corrected chi connectivity index (χ3v) is 2.79. The van der Waals surface area contributed by atoms with Crippen LogP contribution in [0.25, 0.3) is 0 Å². The van der Waals surface area contributed by atoms with Crippen molar-refractivity contribution < 1.29 is 14.3 Å². The number of hydrogen-bond donors (Lipinski definition) is 0. The zero-order chi connectivity index (χ0) is 10.7. The molecule has 0 unspecified atom stereocenters. The number of benzene rings is 2. The van der Waals surface area contributed by atoms with Crippen molar-refractivity contribution in [3.05, 3.63) is 47.5 Å². The van der Waals surface area contributed by atoms with Gasteiger partial charge in [-0.2, -0.15) is 0 Å².